The second kappa shape index (κ2) is 8.58. The number of hydrogen-bond donors (Lipinski definition) is 1. The van der Waals surface area contributed by atoms with Crippen LogP contribution < -0.4 is 10.1 Å². The molecule has 0 aliphatic carbocycles. The van der Waals surface area contributed by atoms with Gasteiger partial charge in [0.15, 0.2) is 5.82 Å². The van der Waals surface area contributed by atoms with Crippen molar-refractivity contribution < 1.29 is 22.7 Å². The summed E-state index contributed by atoms with van der Waals surface area (Å²) in [6.07, 6.45) is -4.48. The van der Waals surface area contributed by atoms with E-state index in [1.54, 1.807) is 38.1 Å². The molecular formula is C21H20ClF3N4O2. The van der Waals surface area contributed by atoms with E-state index in [2.05, 4.69) is 15.4 Å². The van der Waals surface area contributed by atoms with Crippen LogP contribution in [0.4, 0.5) is 18.9 Å². The van der Waals surface area contributed by atoms with Crippen LogP contribution in [0.5, 0.6) is 6.01 Å². The average Bonchev–Trinajstić information content (AvgIpc) is 3.18. The van der Waals surface area contributed by atoms with Gasteiger partial charge in [-0.2, -0.15) is 18.2 Å². The minimum atomic E-state index is -4.48. The number of anilines is 1. The third-order valence-corrected chi connectivity index (χ3v) is 5.21. The molecule has 6 nitrogen and oxygen atoms in total. The number of benzene rings is 2. The Morgan fingerprint density at radius 3 is 2.42 bits per heavy atom. The highest BCUT2D eigenvalue weighted by molar-refractivity contribution is 6.20. The van der Waals surface area contributed by atoms with E-state index in [0.717, 1.165) is 12.1 Å². The van der Waals surface area contributed by atoms with Gasteiger partial charge in [-0.05, 0) is 50.2 Å². The summed E-state index contributed by atoms with van der Waals surface area (Å²) in [5.74, 6) is 0.112. The first-order valence-corrected chi connectivity index (χ1v) is 9.75. The summed E-state index contributed by atoms with van der Waals surface area (Å²) in [5.41, 5.74) is -0.237. The van der Waals surface area contributed by atoms with Gasteiger partial charge in [-0.3, -0.25) is 4.79 Å². The second-order valence-electron chi connectivity index (χ2n) is 7.43. The zero-order valence-electron chi connectivity index (χ0n) is 17.0. The van der Waals surface area contributed by atoms with Crippen molar-refractivity contribution in [3.63, 3.8) is 0 Å². The number of aromatic nitrogens is 3. The molecule has 1 aromatic heterocycles. The Hall–Kier alpha value is -3.07. The van der Waals surface area contributed by atoms with Gasteiger partial charge < -0.3 is 10.1 Å². The molecule has 0 spiro atoms. The third kappa shape index (κ3) is 4.99. The summed E-state index contributed by atoms with van der Waals surface area (Å²) in [6.45, 7) is 3.46. The van der Waals surface area contributed by atoms with Gasteiger partial charge in [0.1, 0.15) is 0 Å². The average molecular weight is 453 g/mol. The molecule has 3 rings (SSSR count). The number of nitrogens with zero attached hydrogens (tertiary/aromatic N) is 3. The number of carbonyl (C=O) groups excluding carboxylic acids is 1. The van der Waals surface area contributed by atoms with Crippen molar-refractivity contribution in [3.8, 4) is 23.1 Å². The van der Waals surface area contributed by atoms with Gasteiger partial charge in [0, 0.05) is 17.1 Å². The molecular weight excluding hydrogens is 433 g/mol. The first-order chi connectivity index (χ1) is 14.5. The highest BCUT2D eigenvalue weighted by Gasteiger charge is 2.31. The van der Waals surface area contributed by atoms with Gasteiger partial charge in [0.2, 0.25) is 5.91 Å². The number of methoxy groups -OCH3 is 1. The standard InChI is InChI=1S/C21H20ClF3N4O2/c1-20(2,12-22)18(30)26-15-7-9-16(10-8-15)29-17(27-19(28-29)31-3)13-5-4-6-14(11-13)21(23,24)25/h4-11H,12H2,1-3H3,(H,26,30). The van der Waals surface area contributed by atoms with E-state index >= 15 is 0 Å². The first-order valence-electron chi connectivity index (χ1n) is 9.22. The Balaban J connectivity index is 1.96. The van der Waals surface area contributed by atoms with Crippen LogP contribution in [0.2, 0.25) is 0 Å². The Morgan fingerprint density at radius 2 is 1.84 bits per heavy atom. The minimum Gasteiger partial charge on any atom is -0.466 e. The number of halogens is 4. The Bertz CT molecular complexity index is 1080. The van der Waals surface area contributed by atoms with Crippen molar-refractivity contribution in [2.45, 2.75) is 20.0 Å². The molecule has 0 saturated carbocycles. The lowest BCUT2D eigenvalue weighted by atomic mass is 9.95. The molecule has 0 aliphatic heterocycles. The molecule has 3 aromatic rings. The molecule has 1 amide bonds. The van der Waals surface area contributed by atoms with Crippen molar-refractivity contribution in [1.82, 2.24) is 14.8 Å². The van der Waals surface area contributed by atoms with Gasteiger partial charge in [-0.1, -0.05) is 12.1 Å². The van der Waals surface area contributed by atoms with E-state index in [0.29, 0.717) is 11.4 Å². The zero-order chi connectivity index (χ0) is 22.8. The molecule has 0 aliphatic rings. The van der Waals surface area contributed by atoms with Crippen LogP contribution in [-0.4, -0.2) is 33.7 Å². The van der Waals surface area contributed by atoms with Crippen molar-refractivity contribution in [1.29, 1.82) is 0 Å². The Labute approximate surface area is 182 Å². The fourth-order valence-electron chi connectivity index (χ4n) is 2.63. The lowest BCUT2D eigenvalue weighted by molar-refractivity contribution is -0.137. The van der Waals surface area contributed by atoms with Gasteiger partial charge in [-0.25, -0.2) is 4.68 Å². The van der Waals surface area contributed by atoms with Crippen LogP contribution in [0.15, 0.2) is 48.5 Å². The fourth-order valence-corrected chi connectivity index (χ4v) is 2.75. The van der Waals surface area contributed by atoms with Crippen LogP contribution in [0.1, 0.15) is 19.4 Å². The normalized spacial score (nSPS) is 12.0. The largest absolute Gasteiger partial charge is 0.466 e. The monoisotopic (exact) mass is 452 g/mol. The van der Waals surface area contributed by atoms with Gasteiger partial charge in [0.05, 0.1) is 23.8 Å². The smallest absolute Gasteiger partial charge is 0.416 e. The number of ether oxygens (including phenoxy) is 1. The summed E-state index contributed by atoms with van der Waals surface area (Å²) in [4.78, 5) is 16.5. The molecule has 0 fully saturated rings. The van der Waals surface area contributed by atoms with E-state index in [1.807, 2.05) is 0 Å². The SMILES string of the molecule is COc1nc(-c2cccc(C(F)(F)F)c2)n(-c2ccc(NC(=O)C(C)(C)CCl)cc2)n1. The number of hydrogen-bond acceptors (Lipinski definition) is 4. The lowest BCUT2D eigenvalue weighted by Crippen LogP contribution is -2.32. The second-order valence-corrected chi connectivity index (χ2v) is 7.70. The van der Waals surface area contributed by atoms with Crippen LogP contribution in [0.25, 0.3) is 17.1 Å². The van der Waals surface area contributed by atoms with E-state index in [9.17, 15) is 18.0 Å². The quantitative estimate of drug-likeness (QED) is 0.524. The van der Waals surface area contributed by atoms with Crippen molar-refractivity contribution in [2.75, 3.05) is 18.3 Å². The highest BCUT2D eigenvalue weighted by atomic mass is 35.5. The maximum atomic E-state index is 13.1. The number of carbonyl (C=O) groups is 1. The van der Waals surface area contributed by atoms with Crippen molar-refractivity contribution in [2.24, 2.45) is 5.41 Å². The minimum absolute atomic E-state index is 0.00801. The summed E-state index contributed by atoms with van der Waals surface area (Å²) in [7, 11) is 1.37. The number of alkyl halides is 4. The summed E-state index contributed by atoms with van der Waals surface area (Å²) < 4.78 is 45.8. The molecule has 0 bridgehead atoms. The number of amides is 1. The van der Waals surface area contributed by atoms with E-state index in [1.165, 1.54) is 23.9 Å². The van der Waals surface area contributed by atoms with Crippen LogP contribution >= 0.6 is 11.6 Å². The molecule has 1 N–H and O–H groups in total. The van der Waals surface area contributed by atoms with E-state index in [4.69, 9.17) is 16.3 Å². The lowest BCUT2D eigenvalue weighted by Gasteiger charge is -2.20. The molecule has 0 atom stereocenters. The van der Waals surface area contributed by atoms with Gasteiger partial charge >= 0.3 is 12.2 Å². The van der Waals surface area contributed by atoms with Gasteiger partial charge in [0.25, 0.3) is 0 Å². The predicted molar refractivity (Wildman–Crippen MR) is 111 cm³/mol. The Kier molecular flexibility index (Phi) is 6.26. The molecule has 0 radical (unpaired) electrons. The molecule has 0 saturated heterocycles. The zero-order valence-corrected chi connectivity index (χ0v) is 17.8. The van der Waals surface area contributed by atoms with E-state index < -0.39 is 17.2 Å². The number of rotatable bonds is 6. The van der Waals surface area contributed by atoms with Crippen LogP contribution in [-0.2, 0) is 11.0 Å². The summed E-state index contributed by atoms with van der Waals surface area (Å²) >= 11 is 5.83. The predicted octanol–water partition coefficient (Wildman–Crippen LogP) is 5.17. The van der Waals surface area contributed by atoms with Crippen molar-refractivity contribution >= 4 is 23.2 Å². The maximum Gasteiger partial charge on any atom is 0.416 e. The Morgan fingerprint density at radius 1 is 1.16 bits per heavy atom. The van der Waals surface area contributed by atoms with Crippen molar-refractivity contribution in [3.05, 3.63) is 54.1 Å². The molecule has 10 heteroatoms. The molecule has 2 aromatic carbocycles. The fraction of sp³-hybridized carbons (Fsp3) is 0.286. The first kappa shape index (κ1) is 22.6. The maximum absolute atomic E-state index is 13.1. The van der Waals surface area contributed by atoms with Crippen LogP contribution in [0.3, 0.4) is 0 Å². The van der Waals surface area contributed by atoms with Crippen LogP contribution in [0, 0.1) is 5.41 Å². The topological polar surface area (TPSA) is 69.0 Å². The molecule has 1 heterocycles. The molecule has 0 unspecified atom stereocenters. The summed E-state index contributed by atoms with van der Waals surface area (Å²) in [5, 5.41) is 6.99. The number of nitrogens with one attached hydrogen (secondary N) is 1. The van der Waals surface area contributed by atoms with E-state index in [-0.39, 0.29) is 29.2 Å². The summed E-state index contributed by atoms with van der Waals surface area (Å²) in [6, 6.07) is 11.4. The molecule has 31 heavy (non-hydrogen) atoms. The third-order valence-electron chi connectivity index (χ3n) is 4.54. The highest BCUT2D eigenvalue weighted by Crippen LogP contribution is 2.33. The molecule has 164 valence electrons. The van der Waals surface area contributed by atoms with Gasteiger partial charge in [-0.15, -0.1) is 16.7 Å².